The van der Waals surface area contributed by atoms with Crippen molar-refractivity contribution in [1.82, 2.24) is 0 Å². The monoisotopic (exact) mass is 158 g/mol. The average molecular weight is 158 g/mol. The molecule has 0 N–H and O–H groups in total. The van der Waals surface area contributed by atoms with Crippen LogP contribution >= 0.6 is 0 Å². The summed E-state index contributed by atoms with van der Waals surface area (Å²) in [4.78, 5) is 0. The second-order valence-electron chi connectivity index (χ2n) is 2.89. The van der Waals surface area contributed by atoms with Gasteiger partial charge in [0.15, 0.2) is 6.29 Å². The molecule has 2 atom stereocenters. The zero-order chi connectivity index (χ0) is 8.85. The lowest BCUT2D eigenvalue weighted by molar-refractivity contribution is -0.126. The normalized spacial score (nSPS) is 15.7. The molecule has 0 saturated carbocycles. The Morgan fingerprint density at radius 3 is 2.18 bits per heavy atom. The maximum absolute atomic E-state index is 5.41. The first-order valence-corrected chi connectivity index (χ1v) is 3.89. The van der Waals surface area contributed by atoms with Crippen LogP contribution in [0.4, 0.5) is 0 Å². The minimum Gasteiger partial charge on any atom is -0.356 e. The van der Waals surface area contributed by atoms with Crippen molar-refractivity contribution in [3.8, 4) is 0 Å². The van der Waals surface area contributed by atoms with Gasteiger partial charge in [0.2, 0.25) is 0 Å². The van der Waals surface area contributed by atoms with Crippen LogP contribution in [-0.2, 0) is 9.47 Å². The second kappa shape index (κ2) is 5.33. The lowest BCUT2D eigenvalue weighted by Gasteiger charge is -2.15. The highest BCUT2D eigenvalue weighted by atomic mass is 16.7. The van der Waals surface area contributed by atoms with Gasteiger partial charge in [-0.05, 0) is 27.7 Å². The third-order valence-electron chi connectivity index (χ3n) is 1.31. The SMILES string of the molecule is COC(C)OC(C)C=C(C)C. The Morgan fingerprint density at radius 1 is 1.27 bits per heavy atom. The van der Waals surface area contributed by atoms with Crippen LogP contribution in [-0.4, -0.2) is 19.5 Å². The molecule has 0 aliphatic heterocycles. The lowest BCUT2D eigenvalue weighted by Crippen LogP contribution is -2.16. The molecular weight excluding hydrogens is 140 g/mol. The van der Waals surface area contributed by atoms with Gasteiger partial charge in [-0.15, -0.1) is 0 Å². The van der Waals surface area contributed by atoms with E-state index in [4.69, 9.17) is 9.47 Å². The van der Waals surface area contributed by atoms with Gasteiger partial charge in [-0.2, -0.15) is 0 Å². The molecule has 0 aromatic heterocycles. The molecule has 0 heterocycles. The standard InChI is InChI=1S/C9H18O2/c1-7(2)6-8(3)11-9(4)10-5/h6,8-9H,1-5H3. The van der Waals surface area contributed by atoms with Gasteiger partial charge in [-0.25, -0.2) is 0 Å². The summed E-state index contributed by atoms with van der Waals surface area (Å²) < 4.78 is 10.4. The fraction of sp³-hybridized carbons (Fsp3) is 0.778. The van der Waals surface area contributed by atoms with Crippen LogP contribution in [0.25, 0.3) is 0 Å². The molecule has 0 aliphatic rings. The van der Waals surface area contributed by atoms with E-state index in [0.717, 1.165) is 0 Å². The van der Waals surface area contributed by atoms with Crippen molar-refractivity contribution in [2.75, 3.05) is 7.11 Å². The van der Waals surface area contributed by atoms with Gasteiger partial charge < -0.3 is 9.47 Å². The molecule has 0 aromatic carbocycles. The van der Waals surface area contributed by atoms with Crippen LogP contribution in [0.2, 0.25) is 0 Å². The van der Waals surface area contributed by atoms with Crippen LogP contribution < -0.4 is 0 Å². The van der Waals surface area contributed by atoms with Crippen molar-refractivity contribution in [3.05, 3.63) is 11.6 Å². The Hall–Kier alpha value is -0.340. The highest BCUT2D eigenvalue weighted by molar-refractivity contribution is 4.96. The van der Waals surface area contributed by atoms with Gasteiger partial charge in [-0.1, -0.05) is 11.6 Å². The van der Waals surface area contributed by atoms with E-state index in [2.05, 4.69) is 19.9 Å². The van der Waals surface area contributed by atoms with Gasteiger partial charge in [0.05, 0.1) is 6.10 Å². The predicted molar refractivity (Wildman–Crippen MR) is 46.4 cm³/mol. The first kappa shape index (κ1) is 10.7. The molecule has 0 bridgehead atoms. The Bertz CT molecular complexity index is 126. The molecule has 0 saturated heterocycles. The summed E-state index contributed by atoms with van der Waals surface area (Å²) in [5, 5.41) is 0. The van der Waals surface area contributed by atoms with Crippen LogP contribution in [0.15, 0.2) is 11.6 Å². The van der Waals surface area contributed by atoms with Gasteiger partial charge in [-0.3, -0.25) is 0 Å². The zero-order valence-corrected chi connectivity index (χ0v) is 8.05. The minimum atomic E-state index is -0.124. The maximum Gasteiger partial charge on any atom is 0.155 e. The number of hydrogen-bond donors (Lipinski definition) is 0. The van der Waals surface area contributed by atoms with Gasteiger partial charge in [0, 0.05) is 7.11 Å². The zero-order valence-electron chi connectivity index (χ0n) is 8.05. The fourth-order valence-corrected chi connectivity index (χ4v) is 0.867. The van der Waals surface area contributed by atoms with Crippen molar-refractivity contribution in [3.63, 3.8) is 0 Å². The van der Waals surface area contributed by atoms with Gasteiger partial charge in [0.25, 0.3) is 0 Å². The lowest BCUT2D eigenvalue weighted by atomic mass is 10.2. The smallest absolute Gasteiger partial charge is 0.155 e. The van der Waals surface area contributed by atoms with Gasteiger partial charge >= 0.3 is 0 Å². The number of ether oxygens (including phenoxy) is 2. The Morgan fingerprint density at radius 2 is 1.82 bits per heavy atom. The molecule has 0 radical (unpaired) electrons. The molecule has 0 spiro atoms. The number of methoxy groups -OCH3 is 1. The van der Waals surface area contributed by atoms with E-state index in [1.807, 2.05) is 13.8 Å². The third-order valence-corrected chi connectivity index (χ3v) is 1.31. The molecule has 2 heteroatoms. The highest BCUT2D eigenvalue weighted by Gasteiger charge is 2.03. The van der Waals surface area contributed by atoms with E-state index in [-0.39, 0.29) is 12.4 Å². The summed E-state index contributed by atoms with van der Waals surface area (Å²) in [7, 11) is 1.64. The topological polar surface area (TPSA) is 18.5 Å². The fourth-order valence-electron chi connectivity index (χ4n) is 0.867. The first-order valence-electron chi connectivity index (χ1n) is 3.89. The first-order chi connectivity index (χ1) is 5.06. The number of allylic oxidation sites excluding steroid dienone is 1. The molecule has 11 heavy (non-hydrogen) atoms. The van der Waals surface area contributed by atoms with Crippen molar-refractivity contribution >= 4 is 0 Å². The van der Waals surface area contributed by atoms with E-state index in [9.17, 15) is 0 Å². The number of hydrogen-bond acceptors (Lipinski definition) is 2. The van der Waals surface area contributed by atoms with Crippen LogP contribution in [0, 0.1) is 0 Å². The summed E-state index contributed by atoms with van der Waals surface area (Å²) in [5.74, 6) is 0. The highest BCUT2D eigenvalue weighted by Crippen LogP contribution is 2.02. The molecule has 0 aliphatic carbocycles. The van der Waals surface area contributed by atoms with Crippen molar-refractivity contribution in [2.45, 2.75) is 40.1 Å². The van der Waals surface area contributed by atoms with Crippen LogP contribution in [0.1, 0.15) is 27.7 Å². The molecule has 0 amide bonds. The third kappa shape index (κ3) is 6.07. The van der Waals surface area contributed by atoms with Crippen LogP contribution in [0.3, 0.4) is 0 Å². The summed E-state index contributed by atoms with van der Waals surface area (Å²) in [6.07, 6.45) is 2.07. The molecule has 2 nitrogen and oxygen atoms in total. The Kier molecular flexibility index (Phi) is 5.16. The molecule has 2 unspecified atom stereocenters. The van der Waals surface area contributed by atoms with Crippen molar-refractivity contribution < 1.29 is 9.47 Å². The number of rotatable bonds is 4. The molecular formula is C9H18O2. The Balaban J connectivity index is 3.69. The minimum absolute atomic E-state index is 0.124. The molecule has 66 valence electrons. The van der Waals surface area contributed by atoms with Crippen molar-refractivity contribution in [1.29, 1.82) is 0 Å². The average Bonchev–Trinajstić information content (AvgIpc) is 1.85. The summed E-state index contributed by atoms with van der Waals surface area (Å²) >= 11 is 0. The van der Waals surface area contributed by atoms with Gasteiger partial charge in [0.1, 0.15) is 0 Å². The molecule has 0 rings (SSSR count). The molecule has 0 aromatic rings. The van der Waals surface area contributed by atoms with E-state index in [1.165, 1.54) is 5.57 Å². The second-order valence-corrected chi connectivity index (χ2v) is 2.89. The van der Waals surface area contributed by atoms with E-state index < -0.39 is 0 Å². The largest absolute Gasteiger partial charge is 0.356 e. The van der Waals surface area contributed by atoms with Crippen molar-refractivity contribution in [2.24, 2.45) is 0 Å². The Labute approximate surface area is 69.2 Å². The summed E-state index contributed by atoms with van der Waals surface area (Å²) in [6, 6.07) is 0. The maximum atomic E-state index is 5.41. The summed E-state index contributed by atoms with van der Waals surface area (Å²) in [6.45, 7) is 7.99. The van der Waals surface area contributed by atoms with E-state index >= 15 is 0 Å². The van der Waals surface area contributed by atoms with E-state index in [0.29, 0.717) is 0 Å². The summed E-state index contributed by atoms with van der Waals surface area (Å²) in [5.41, 5.74) is 1.26. The quantitative estimate of drug-likeness (QED) is 0.462. The van der Waals surface area contributed by atoms with E-state index in [1.54, 1.807) is 7.11 Å². The molecule has 0 fully saturated rings. The van der Waals surface area contributed by atoms with Crippen LogP contribution in [0.5, 0.6) is 0 Å². The predicted octanol–water partition coefficient (Wildman–Crippen LogP) is 2.35.